The fraction of sp³-hybridized carbons (Fsp3) is 0.613. The molecule has 1 atom stereocenters. The van der Waals surface area contributed by atoms with E-state index in [1.807, 2.05) is 6.92 Å². The van der Waals surface area contributed by atoms with Gasteiger partial charge in [-0.1, -0.05) is 25.9 Å². The van der Waals surface area contributed by atoms with Crippen LogP contribution in [0.3, 0.4) is 0 Å². The molecule has 0 aliphatic carbocycles. The molecule has 3 heterocycles. The molecule has 0 N–H and O–H groups in total. The Bertz CT molecular complexity index is 1180. The molecule has 1 aromatic carbocycles. The summed E-state index contributed by atoms with van der Waals surface area (Å²) in [6.45, 7) is 18.4. The van der Waals surface area contributed by atoms with Gasteiger partial charge in [0, 0.05) is 12.1 Å². The monoisotopic (exact) mass is 520 g/mol. The first-order valence-corrected chi connectivity index (χ1v) is 14.3. The zero-order valence-corrected chi connectivity index (χ0v) is 24.3. The maximum absolute atomic E-state index is 12.0. The molecular weight excluding hydrogens is 476 g/mol. The molecule has 38 heavy (non-hydrogen) atoms. The maximum Gasteiger partial charge on any atom is 0.309 e. The van der Waals surface area contributed by atoms with Gasteiger partial charge in [-0.3, -0.25) is 9.79 Å². The molecule has 1 aromatic heterocycles. The number of likely N-dealkylation sites (tertiary alicyclic amines) is 1. The Kier molecular flexibility index (Phi) is 9.19. The number of hydrogen-bond acceptors (Lipinski definition) is 7. The number of benzene rings is 1. The zero-order chi connectivity index (χ0) is 27.4. The third-order valence-corrected chi connectivity index (χ3v) is 8.01. The summed E-state index contributed by atoms with van der Waals surface area (Å²) in [5, 5.41) is 4.33. The van der Waals surface area contributed by atoms with Crippen LogP contribution in [-0.2, 0) is 16.0 Å². The number of carbonyl (C=O) groups excluding carboxylic acids is 1. The standard InChI is InChI=1S/C31H44N4O3/c1-8-27-26(16-19(3)4)22(7)28(32-27)30-33-29(34-38-30)24-17-20(5)25(21(6)18-24)12-15-35-13-10-23(11-14-35)31(36)37-9-2/h17-19,23,27H,8-16H2,1-7H3. The van der Waals surface area contributed by atoms with E-state index < -0.39 is 0 Å². The molecule has 206 valence electrons. The van der Waals surface area contributed by atoms with Crippen molar-refractivity contribution in [3.8, 4) is 11.4 Å². The summed E-state index contributed by atoms with van der Waals surface area (Å²) in [7, 11) is 0. The number of aromatic nitrogens is 2. The third-order valence-electron chi connectivity index (χ3n) is 8.01. The van der Waals surface area contributed by atoms with Gasteiger partial charge in [-0.2, -0.15) is 4.98 Å². The lowest BCUT2D eigenvalue weighted by atomic mass is 9.93. The number of aryl methyl sites for hydroxylation is 2. The summed E-state index contributed by atoms with van der Waals surface area (Å²) in [4.78, 5) is 24.2. The van der Waals surface area contributed by atoms with Gasteiger partial charge in [-0.05, 0) is 119 Å². The lowest BCUT2D eigenvalue weighted by Crippen LogP contribution is -2.38. The first-order chi connectivity index (χ1) is 18.2. The van der Waals surface area contributed by atoms with Gasteiger partial charge in [0.2, 0.25) is 5.82 Å². The molecule has 0 amide bonds. The van der Waals surface area contributed by atoms with E-state index in [1.54, 1.807) is 0 Å². The third kappa shape index (κ3) is 6.25. The first-order valence-electron chi connectivity index (χ1n) is 14.3. The molecule has 2 aromatic rings. The lowest BCUT2D eigenvalue weighted by Gasteiger charge is -2.31. The van der Waals surface area contributed by atoms with E-state index in [0.29, 0.717) is 24.2 Å². The van der Waals surface area contributed by atoms with Crippen molar-refractivity contribution >= 4 is 11.7 Å². The molecule has 4 rings (SSSR count). The van der Waals surface area contributed by atoms with Gasteiger partial charge in [-0.15, -0.1) is 0 Å². The van der Waals surface area contributed by atoms with Crippen molar-refractivity contribution in [3.63, 3.8) is 0 Å². The quantitative estimate of drug-likeness (QED) is 0.351. The van der Waals surface area contributed by atoms with Gasteiger partial charge in [0.05, 0.1) is 18.6 Å². The van der Waals surface area contributed by atoms with Crippen molar-refractivity contribution < 1.29 is 14.1 Å². The zero-order valence-electron chi connectivity index (χ0n) is 24.3. The minimum atomic E-state index is -0.0357. The number of carbonyl (C=O) groups is 1. The fourth-order valence-corrected chi connectivity index (χ4v) is 5.89. The Morgan fingerprint density at radius 1 is 1.13 bits per heavy atom. The summed E-state index contributed by atoms with van der Waals surface area (Å²) < 4.78 is 10.9. The molecule has 1 saturated heterocycles. The molecule has 0 bridgehead atoms. The van der Waals surface area contributed by atoms with Crippen LogP contribution in [0.1, 0.15) is 82.9 Å². The van der Waals surface area contributed by atoms with Crippen molar-refractivity contribution in [1.29, 1.82) is 0 Å². The summed E-state index contributed by atoms with van der Waals surface area (Å²) in [6.07, 6.45) is 4.77. The molecule has 1 unspecified atom stereocenters. The predicted molar refractivity (Wildman–Crippen MR) is 151 cm³/mol. The average Bonchev–Trinajstić information content (AvgIpc) is 3.49. The van der Waals surface area contributed by atoms with E-state index >= 15 is 0 Å². The summed E-state index contributed by atoms with van der Waals surface area (Å²) in [5.74, 6) is 1.73. The van der Waals surface area contributed by atoms with E-state index in [0.717, 1.165) is 63.0 Å². The van der Waals surface area contributed by atoms with E-state index in [9.17, 15) is 4.79 Å². The van der Waals surface area contributed by atoms with E-state index in [1.165, 1.54) is 27.8 Å². The number of allylic oxidation sites excluding steroid dienone is 1. The highest BCUT2D eigenvalue weighted by molar-refractivity contribution is 6.11. The molecule has 2 aliphatic rings. The Labute approximate surface area is 227 Å². The molecule has 7 nitrogen and oxygen atoms in total. The second-order valence-corrected chi connectivity index (χ2v) is 11.3. The molecule has 2 aliphatic heterocycles. The van der Waals surface area contributed by atoms with Crippen LogP contribution < -0.4 is 0 Å². The van der Waals surface area contributed by atoms with Crippen LogP contribution in [0, 0.1) is 25.7 Å². The Hall–Kier alpha value is -2.80. The van der Waals surface area contributed by atoms with Crippen molar-refractivity contribution in [2.75, 3.05) is 26.2 Å². The molecule has 0 spiro atoms. The SMILES string of the molecule is CCOC(=O)C1CCN(CCc2c(C)cc(-c3noc(C4=NC(CC)C(CC(C)C)=C4C)n3)cc2C)CC1. The van der Waals surface area contributed by atoms with E-state index in [4.69, 9.17) is 19.2 Å². The van der Waals surface area contributed by atoms with Crippen molar-refractivity contribution in [2.45, 2.75) is 86.6 Å². The number of nitrogens with zero attached hydrogens (tertiary/aromatic N) is 4. The van der Waals surface area contributed by atoms with Gasteiger partial charge in [-0.25, -0.2) is 0 Å². The second-order valence-electron chi connectivity index (χ2n) is 11.3. The maximum atomic E-state index is 12.0. The summed E-state index contributed by atoms with van der Waals surface area (Å²) in [5.41, 5.74) is 8.27. The van der Waals surface area contributed by atoms with Crippen LogP contribution in [0.15, 0.2) is 32.8 Å². The van der Waals surface area contributed by atoms with Crippen LogP contribution in [0.2, 0.25) is 0 Å². The Morgan fingerprint density at radius 2 is 1.82 bits per heavy atom. The van der Waals surface area contributed by atoms with Crippen molar-refractivity contribution in [2.24, 2.45) is 16.8 Å². The highest BCUT2D eigenvalue weighted by Crippen LogP contribution is 2.32. The smallest absolute Gasteiger partial charge is 0.309 e. The van der Waals surface area contributed by atoms with Gasteiger partial charge in [0.15, 0.2) is 0 Å². The van der Waals surface area contributed by atoms with Crippen LogP contribution >= 0.6 is 0 Å². The lowest BCUT2D eigenvalue weighted by molar-refractivity contribution is -0.149. The molecule has 1 fully saturated rings. The van der Waals surface area contributed by atoms with Crippen LogP contribution in [0.25, 0.3) is 11.4 Å². The average molecular weight is 521 g/mol. The van der Waals surface area contributed by atoms with E-state index in [-0.39, 0.29) is 17.9 Å². The van der Waals surface area contributed by atoms with Gasteiger partial charge in [0.25, 0.3) is 5.89 Å². The second kappa shape index (κ2) is 12.4. The molecule has 0 radical (unpaired) electrons. The normalized spacial score (nSPS) is 18.9. The Morgan fingerprint density at radius 3 is 2.42 bits per heavy atom. The number of rotatable bonds is 10. The Balaban J connectivity index is 1.42. The number of hydrogen-bond donors (Lipinski definition) is 0. The highest BCUT2D eigenvalue weighted by atomic mass is 16.5. The van der Waals surface area contributed by atoms with E-state index in [2.05, 4.69) is 63.7 Å². The minimum Gasteiger partial charge on any atom is -0.466 e. The number of aliphatic imine (C=N–C) groups is 1. The van der Waals surface area contributed by atoms with Crippen molar-refractivity contribution in [3.05, 3.63) is 45.9 Å². The topological polar surface area (TPSA) is 80.8 Å². The first kappa shape index (κ1) is 28.2. The number of ether oxygens (including phenoxy) is 1. The summed E-state index contributed by atoms with van der Waals surface area (Å²) in [6, 6.07) is 4.55. The number of esters is 1. The van der Waals surface area contributed by atoms with Crippen LogP contribution in [-0.4, -0.2) is 59.0 Å². The minimum absolute atomic E-state index is 0.0357. The summed E-state index contributed by atoms with van der Waals surface area (Å²) >= 11 is 0. The molecule has 7 heteroatoms. The highest BCUT2D eigenvalue weighted by Gasteiger charge is 2.29. The van der Waals surface area contributed by atoms with Crippen LogP contribution in [0.4, 0.5) is 0 Å². The molecular formula is C31H44N4O3. The van der Waals surface area contributed by atoms with Crippen LogP contribution in [0.5, 0.6) is 0 Å². The van der Waals surface area contributed by atoms with Gasteiger partial charge >= 0.3 is 5.97 Å². The van der Waals surface area contributed by atoms with Gasteiger partial charge < -0.3 is 14.2 Å². The molecule has 0 saturated carbocycles. The van der Waals surface area contributed by atoms with Crippen molar-refractivity contribution in [1.82, 2.24) is 15.0 Å². The largest absolute Gasteiger partial charge is 0.466 e. The number of piperidine rings is 1. The fourth-order valence-electron chi connectivity index (χ4n) is 5.89. The predicted octanol–water partition coefficient (Wildman–Crippen LogP) is 6.11. The van der Waals surface area contributed by atoms with Gasteiger partial charge in [0.1, 0.15) is 5.71 Å².